The van der Waals surface area contributed by atoms with E-state index in [1.807, 2.05) is 25.2 Å². The molecule has 0 saturated carbocycles. The number of hydrogen-bond donors (Lipinski definition) is 1. The van der Waals surface area contributed by atoms with Crippen LogP contribution in [0.1, 0.15) is 11.5 Å². The predicted octanol–water partition coefficient (Wildman–Crippen LogP) is 3.37. The molecule has 0 atom stereocenters. The molecular formula is C10H9Cl3N2O. The Hall–Kier alpha value is -0.480. The molecule has 1 N–H and O–H groups in total. The molecule has 2 aromatic rings. The topological polar surface area (TPSA) is 38.1 Å². The van der Waals surface area contributed by atoms with Gasteiger partial charge >= 0.3 is 0 Å². The summed E-state index contributed by atoms with van der Waals surface area (Å²) >= 11 is 17.1. The number of halogens is 3. The van der Waals surface area contributed by atoms with Crippen LogP contribution in [0.3, 0.4) is 0 Å². The van der Waals surface area contributed by atoms with E-state index in [1.165, 1.54) is 0 Å². The third-order valence-corrected chi connectivity index (χ3v) is 2.56. The van der Waals surface area contributed by atoms with Crippen LogP contribution in [0.2, 0.25) is 0 Å². The second-order valence-corrected chi connectivity index (χ2v) is 5.63. The van der Waals surface area contributed by atoms with Crippen molar-refractivity contribution in [3.8, 4) is 0 Å². The average molecular weight is 280 g/mol. The van der Waals surface area contributed by atoms with Crippen LogP contribution in [0.5, 0.6) is 0 Å². The van der Waals surface area contributed by atoms with E-state index < -0.39 is 3.79 Å². The summed E-state index contributed by atoms with van der Waals surface area (Å²) in [7, 11) is 1.87. The fourth-order valence-electron chi connectivity index (χ4n) is 1.41. The molecule has 0 aliphatic rings. The number of alkyl halides is 3. The minimum absolute atomic E-state index is 0.0918. The average Bonchev–Trinajstić information content (AvgIpc) is 2.60. The van der Waals surface area contributed by atoms with Crippen LogP contribution >= 0.6 is 34.8 Å². The van der Waals surface area contributed by atoms with Gasteiger partial charge in [0.05, 0.1) is 0 Å². The molecule has 1 aromatic carbocycles. The van der Waals surface area contributed by atoms with Gasteiger partial charge < -0.3 is 9.73 Å². The van der Waals surface area contributed by atoms with Crippen LogP contribution in [-0.2, 0) is 10.3 Å². The van der Waals surface area contributed by atoms with E-state index in [0.717, 1.165) is 12.1 Å². The number of nitrogens with one attached hydrogen (secondary N) is 1. The third kappa shape index (κ3) is 2.43. The van der Waals surface area contributed by atoms with Crippen molar-refractivity contribution in [2.24, 2.45) is 0 Å². The molecule has 0 saturated heterocycles. The molecule has 0 fully saturated rings. The van der Waals surface area contributed by atoms with Crippen LogP contribution < -0.4 is 5.32 Å². The molecule has 3 nitrogen and oxygen atoms in total. The van der Waals surface area contributed by atoms with Gasteiger partial charge in [-0.15, -0.1) is 0 Å². The van der Waals surface area contributed by atoms with E-state index in [2.05, 4.69) is 10.3 Å². The van der Waals surface area contributed by atoms with Gasteiger partial charge in [0.1, 0.15) is 5.52 Å². The number of nitrogens with zero attached hydrogens (tertiary/aromatic N) is 1. The lowest BCUT2D eigenvalue weighted by Crippen LogP contribution is -2.04. The Bertz CT molecular complexity index is 504. The van der Waals surface area contributed by atoms with Gasteiger partial charge in [0, 0.05) is 6.54 Å². The summed E-state index contributed by atoms with van der Waals surface area (Å²) in [5.41, 5.74) is 2.40. The number of aromatic nitrogens is 1. The lowest BCUT2D eigenvalue weighted by molar-refractivity contribution is 0.540. The molecule has 1 aromatic heterocycles. The van der Waals surface area contributed by atoms with Crippen molar-refractivity contribution >= 4 is 45.9 Å². The molecule has 2 rings (SSSR count). The Morgan fingerprint density at radius 3 is 2.75 bits per heavy atom. The van der Waals surface area contributed by atoms with Gasteiger partial charge in [-0.1, -0.05) is 40.9 Å². The number of rotatable bonds is 2. The molecular weight excluding hydrogens is 270 g/mol. The van der Waals surface area contributed by atoms with Gasteiger partial charge in [-0.3, -0.25) is 0 Å². The Morgan fingerprint density at radius 1 is 1.38 bits per heavy atom. The smallest absolute Gasteiger partial charge is 0.266 e. The Balaban J connectivity index is 2.46. The van der Waals surface area contributed by atoms with Crippen molar-refractivity contribution < 1.29 is 4.42 Å². The lowest BCUT2D eigenvalue weighted by Gasteiger charge is -2.02. The van der Waals surface area contributed by atoms with Gasteiger partial charge in [0.25, 0.3) is 3.79 Å². The summed E-state index contributed by atoms with van der Waals surface area (Å²) in [4.78, 5) is 4.14. The van der Waals surface area contributed by atoms with Gasteiger partial charge in [-0.25, -0.2) is 4.98 Å². The van der Waals surface area contributed by atoms with Gasteiger partial charge in [-0.05, 0) is 24.7 Å². The molecule has 6 heteroatoms. The van der Waals surface area contributed by atoms with Crippen LogP contribution in [-0.4, -0.2) is 12.0 Å². The molecule has 0 radical (unpaired) electrons. The minimum atomic E-state index is -1.62. The summed E-state index contributed by atoms with van der Waals surface area (Å²) in [6.07, 6.45) is 0. The van der Waals surface area contributed by atoms with Gasteiger partial charge in [-0.2, -0.15) is 0 Å². The van der Waals surface area contributed by atoms with E-state index in [4.69, 9.17) is 39.2 Å². The monoisotopic (exact) mass is 278 g/mol. The van der Waals surface area contributed by atoms with E-state index >= 15 is 0 Å². The maximum absolute atomic E-state index is 5.69. The second-order valence-electron chi connectivity index (χ2n) is 3.35. The Morgan fingerprint density at radius 2 is 2.12 bits per heavy atom. The van der Waals surface area contributed by atoms with Gasteiger partial charge in [0.15, 0.2) is 5.58 Å². The largest absolute Gasteiger partial charge is 0.436 e. The molecule has 0 amide bonds. The first-order chi connectivity index (χ1) is 7.50. The quantitative estimate of drug-likeness (QED) is 0.857. The van der Waals surface area contributed by atoms with Crippen LogP contribution in [0.15, 0.2) is 22.6 Å². The van der Waals surface area contributed by atoms with Crippen molar-refractivity contribution in [3.05, 3.63) is 29.7 Å². The molecule has 0 aliphatic carbocycles. The van der Waals surface area contributed by atoms with Crippen LogP contribution in [0.25, 0.3) is 11.1 Å². The van der Waals surface area contributed by atoms with Crippen molar-refractivity contribution in [1.29, 1.82) is 0 Å². The zero-order valence-electron chi connectivity index (χ0n) is 8.43. The minimum Gasteiger partial charge on any atom is -0.436 e. The van der Waals surface area contributed by atoms with Crippen molar-refractivity contribution in [2.75, 3.05) is 7.05 Å². The first-order valence-electron chi connectivity index (χ1n) is 4.62. The van der Waals surface area contributed by atoms with Crippen LogP contribution in [0, 0.1) is 0 Å². The first-order valence-corrected chi connectivity index (χ1v) is 5.75. The number of fused-ring (bicyclic) bond motifs is 1. The summed E-state index contributed by atoms with van der Waals surface area (Å²) in [5.74, 6) is 0.0918. The highest BCUT2D eigenvalue weighted by Crippen LogP contribution is 2.38. The molecule has 0 spiro atoms. The molecule has 0 bridgehead atoms. The maximum atomic E-state index is 5.69. The van der Waals surface area contributed by atoms with Crippen LogP contribution in [0.4, 0.5) is 0 Å². The molecule has 1 heterocycles. The lowest BCUT2D eigenvalue weighted by atomic mass is 10.2. The third-order valence-electron chi connectivity index (χ3n) is 2.08. The Labute approximate surface area is 108 Å². The maximum Gasteiger partial charge on any atom is 0.266 e. The summed E-state index contributed by atoms with van der Waals surface area (Å²) in [5, 5.41) is 3.05. The highest BCUT2D eigenvalue weighted by Gasteiger charge is 2.29. The fourth-order valence-corrected chi connectivity index (χ4v) is 1.65. The van der Waals surface area contributed by atoms with E-state index in [0.29, 0.717) is 11.1 Å². The summed E-state index contributed by atoms with van der Waals surface area (Å²) < 4.78 is 3.72. The molecule has 86 valence electrons. The standard InChI is InChI=1S/C10H9Cl3N2O/c1-14-5-6-2-3-8-7(4-6)15-9(16-8)10(11,12)13/h2-4,14H,5H2,1H3. The Kier molecular flexibility index (Phi) is 3.31. The first kappa shape index (κ1) is 12.0. The van der Waals surface area contributed by atoms with Crippen molar-refractivity contribution in [1.82, 2.24) is 10.3 Å². The predicted molar refractivity (Wildman–Crippen MR) is 66.0 cm³/mol. The van der Waals surface area contributed by atoms with E-state index in [1.54, 1.807) is 0 Å². The number of hydrogen-bond acceptors (Lipinski definition) is 3. The zero-order valence-corrected chi connectivity index (χ0v) is 10.7. The van der Waals surface area contributed by atoms with E-state index in [9.17, 15) is 0 Å². The van der Waals surface area contributed by atoms with E-state index in [-0.39, 0.29) is 5.89 Å². The SMILES string of the molecule is CNCc1ccc2oc(C(Cl)(Cl)Cl)nc2c1. The second kappa shape index (κ2) is 4.41. The van der Waals surface area contributed by atoms with Crippen molar-refractivity contribution in [2.45, 2.75) is 10.3 Å². The van der Waals surface area contributed by atoms with Gasteiger partial charge in [0.2, 0.25) is 5.89 Å². The molecule has 0 aliphatic heterocycles. The fraction of sp³-hybridized carbons (Fsp3) is 0.300. The molecule has 16 heavy (non-hydrogen) atoms. The number of benzene rings is 1. The highest BCUT2D eigenvalue weighted by atomic mass is 35.6. The number of oxazole rings is 1. The summed E-state index contributed by atoms with van der Waals surface area (Å²) in [6.45, 7) is 0.756. The normalized spacial score (nSPS) is 12.2. The summed E-state index contributed by atoms with van der Waals surface area (Å²) in [6, 6.07) is 5.65. The molecule has 0 unspecified atom stereocenters. The zero-order chi connectivity index (χ0) is 11.8. The van der Waals surface area contributed by atoms with Crippen molar-refractivity contribution in [3.63, 3.8) is 0 Å². The highest BCUT2D eigenvalue weighted by molar-refractivity contribution is 6.66.